The SMILES string of the molecule is CCOC(=O)c1[nH]c2cc(Cl)cc(Cl)c2c1CC(N)CO. The van der Waals surface area contributed by atoms with Gasteiger partial charge in [0.15, 0.2) is 0 Å². The highest BCUT2D eigenvalue weighted by atomic mass is 35.5. The van der Waals surface area contributed by atoms with Crippen LogP contribution in [0, 0.1) is 0 Å². The average Bonchev–Trinajstić information content (AvgIpc) is 2.77. The van der Waals surface area contributed by atoms with Crippen LogP contribution < -0.4 is 5.73 Å². The topological polar surface area (TPSA) is 88.3 Å². The van der Waals surface area contributed by atoms with Gasteiger partial charge in [0.05, 0.1) is 18.2 Å². The third-order valence-corrected chi connectivity index (χ3v) is 3.61. The zero-order valence-electron chi connectivity index (χ0n) is 11.5. The molecule has 0 saturated carbocycles. The highest BCUT2D eigenvalue weighted by Gasteiger charge is 2.22. The molecule has 2 rings (SSSR count). The minimum Gasteiger partial charge on any atom is -0.461 e. The summed E-state index contributed by atoms with van der Waals surface area (Å²) in [6.45, 7) is 1.79. The highest BCUT2D eigenvalue weighted by molar-refractivity contribution is 6.39. The van der Waals surface area contributed by atoms with E-state index in [1.807, 2.05) is 0 Å². The Kier molecular flexibility index (Phi) is 5.11. The number of hydrogen-bond acceptors (Lipinski definition) is 4. The number of hydrogen-bond donors (Lipinski definition) is 3. The first-order chi connectivity index (χ1) is 9.97. The number of fused-ring (bicyclic) bond motifs is 1. The molecule has 0 radical (unpaired) electrons. The summed E-state index contributed by atoms with van der Waals surface area (Å²) in [6.07, 6.45) is 0.298. The summed E-state index contributed by atoms with van der Waals surface area (Å²) in [7, 11) is 0. The van der Waals surface area contributed by atoms with Crippen LogP contribution in [0.1, 0.15) is 23.0 Å². The smallest absolute Gasteiger partial charge is 0.355 e. The third-order valence-electron chi connectivity index (χ3n) is 3.10. The Morgan fingerprint density at radius 3 is 2.81 bits per heavy atom. The van der Waals surface area contributed by atoms with Crippen molar-refractivity contribution in [2.75, 3.05) is 13.2 Å². The van der Waals surface area contributed by atoms with Crippen molar-refractivity contribution in [3.05, 3.63) is 33.4 Å². The zero-order chi connectivity index (χ0) is 15.6. The predicted octanol–water partition coefficient (Wildman–Crippen LogP) is 2.51. The molecule has 1 atom stereocenters. The van der Waals surface area contributed by atoms with Crippen LogP contribution in [0.15, 0.2) is 12.1 Å². The Labute approximate surface area is 132 Å². The molecule has 1 aromatic carbocycles. The number of benzene rings is 1. The Balaban J connectivity index is 2.63. The van der Waals surface area contributed by atoms with Gasteiger partial charge in [0, 0.05) is 22.0 Å². The molecule has 0 aliphatic heterocycles. The van der Waals surface area contributed by atoms with Gasteiger partial charge in [-0.1, -0.05) is 23.2 Å². The standard InChI is InChI=1S/C14H16Cl2N2O3/c1-2-21-14(20)13-9(5-8(17)6-19)12-10(16)3-7(15)4-11(12)18-13/h3-4,8,18-19H,2,5-6,17H2,1H3. The van der Waals surface area contributed by atoms with E-state index in [1.54, 1.807) is 19.1 Å². The lowest BCUT2D eigenvalue weighted by atomic mass is 10.0. The minimum atomic E-state index is -0.496. The lowest BCUT2D eigenvalue weighted by molar-refractivity contribution is 0.0519. The number of esters is 1. The number of aromatic nitrogens is 1. The Morgan fingerprint density at radius 2 is 2.19 bits per heavy atom. The van der Waals surface area contributed by atoms with Crippen molar-refractivity contribution in [1.82, 2.24) is 4.98 Å². The maximum absolute atomic E-state index is 12.1. The molecule has 7 heteroatoms. The van der Waals surface area contributed by atoms with Gasteiger partial charge in [-0.15, -0.1) is 0 Å². The van der Waals surface area contributed by atoms with Crippen LogP contribution in [0.5, 0.6) is 0 Å². The summed E-state index contributed by atoms with van der Waals surface area (Å²) in [5.41, 5.74) is 7.35. The van der Waals surface area contributed by atoms with Gasteiger partial charge in [0.25, 0.3) is 0 Å². The summed E-state index contributed by atoms with van der Waals surface area (Å²) in [5.74, 6) is -0.485. The van der Waals surface area contributed by atoms with Gasteiger partial charge in [0.2, 0.25) is 0 Å². The van der Waals surface area contributed by atoms with Gasteiger partial charge in [-0.25, -0.2) is 4.79 Å². The van der Waals surface area contributed by atoms with E-state index in [2.05, 4.69) is 4.98 Å². The second-order valence-corrected chi connectivity index (χ2v) is 5.50. The lowest BCUT2D eigenvalue weighted by Gasteiger charge is -2.10. The van der Waals surface area contributed by atoms with Crippen LogP contribution in [0.4, 0.5) is 0 Å². The van der Waals surface area contributed by atoms with E-state index < -0.39 is 12.0 Å². The van der Waals surface area contributed by atoms with Gasteiger partial charge in [-0.05, 0) is 31.0 Å². The minimum absolute atomic E-state index is 0.194. The van der Waals surface area contributed by atoms with E-state index in [0.29, 0.717) is 38.6 Å². The fourth-order valence-corrected chi connectivity index (χ4v) is 2.83. The number of aliphatic hydroxyl groups excluding tert-OH is 1. The molecule has 0 aliphatic carbocycles. The van der Waals surface area contributed by atoms with Crippen molar-refractivity contribution in [1.29, 1.82) is 0 Å². The molecule has 1 unspecified atom stereocenters. The first-order valence-corrected chi connectivity index (χ1v) is 7.26. The molecular formula is C14H16Cl2N2O3. The van der Waals surface area contributed by atoms with Gasteiger partial charge in [-0.2, -0.15) is 0 Å². The molecule has 0 spiro atoms. The summed E-state index contributed by atoms with van der Waals surface area (Å²) in [6, 6.07) is 2.78. The number of aliphatic hydroxyl groups is 1. The van der Waals surface area contributed by atoms with E-state index in [0.717, 1.165) is 0 Å². The average molecular weight is 331 g/mol. The van der Waals surface area contributed by atoms with Gasteiger partial charge in [-0.3, -0.25) is 0 Å². The van der Waals surface area contributed by atoms with E-state index in [9.17, 15) is 4.79 Å². The van der Waals surface area contributed by atoms with E-state index >= 15 is 0 Å². The molecule has 0 fully saturated rings. The Hall–Kier alpha value is -1.27. The van der Waals surface area contributed by atoms with Crippen LogP contribution in [-0.4, -0.2) is 35.3 Å². The van der Waals surface area contributed by atoms with Gasteiger partial charge < -0.3 is 20.6 Å². The molecule has 5 nitrogen and oxygen atoms in total. The molecule has 114 valence electrons. The van der Waals surface area contributed by atoms with Crippen molar-refractivity contribution in [2.24, 2.45) is 5.73 Å². The number of nitrogens with two attached hydrogens (primary N) is 1. The predicted molar refractivity (Wildman–Crippen MR) is 83.0 cm³/mol. The van der Waals surface area contributed by atoms with Crippen LogP contribution >= 0.6 is 23.2 Å². The highest BCUT2D eigenvalue weighted by Crippen LogP contribution is 2.33. The fraction of sp³-hybridized carbons (Fsp3) is 0.357. The summed E-state index contributed by atoms with van der Waals surface area (Å²) in [4.78, 5) is 15.0. The van der Waals surface area contributed by atoms with Crippen molar-refractivity contribution in [2.45, 2.75) is 19.4 Å². The lowest BCUT2D eigenvalue weighted by Crippen LogP contribution is -2.27. The van der Waals surface area contributed by atoms with Crippen molar-refractivity contribution in [3.8, 4) is 0 Å². The quantitative estimate of drug-likeness (QED) is 0.735. The molecule has 0 bridgehead atoms. The monoisotopic (exact) mass is 330 g/mol. The fourth-order valence-electron chi connectivity index (χ4n) is 2.22. The van der Waals surface area contributed by atoms with Crippen molar-refractivity contribution < 1.29 is 14.6 Å². The number of ether oxygens (including phenoxy) is 1. The van der Waals surface area contributed by atoms with Crippen LogP contribution in [-0.2, 0) is 11.2 Å². The maximum Gasteiger partial charge on any atom is 0.355 e. The molecule has 0 amide bonds. The molecule has 4 N–H and O–H groups in total. The van der Waals surface area contributed by atoms with Crippen LogP contribution in [0.2, 0.25) is 10.0 Å². The summed E-state index contributed by atoms with van der Waals surface area (Å²) >= 11 is 12.2. The second kappa shape index (κ2) is 6.66. The van der Waals surface area contributed by atoms with Gasteiger partial charge >= 0.3 is 5.97 Å². The number of nitrogens with one attached hydrogen (secondary N) is 1. The van der Waals surface area contributed by atoms with Crippen molar-refractivity contribution in [3.63, 3.8) is 0 Å². The first-order valence-electron chi connectivity index (χ1n) is 6.51. The molecule has 0 aliphatic rings. The second-order valence-electron chi connectivity index (χ2n) is 4.66. The maximum atomic E-state index is 12.1. The number of aromatic amines is 1. The Bertz CT molecular complexity index is 670. The van der Waals surface area contributed by atoms with Crippen molar-refractivity contribution >= 4 is 40.1 Å². The first kappa shape index (κ1) is 16.1. The van der Waals surface area contributed by atoms with Gasteiger partial charge in [0.1, 0.15) is 5.69 Å². The molecule has 2 aromatic rings. The molecule has 21 heavy (non-hydrogen) atoms. The number of halogens is 2. The van der Waals surface area contributed by atoms with Crippen LogP contribution in [0.3, 0.4) is 0 Å². The summed E-state index contributed by atoms with van der Waals surface area (Å²) < 4.78 is 5.03. The van der Waals surface area contributed by atoms with E-state index in [-0.39, 0.29) is 13.2 Å². The molecule has 1 heterocycles. The molecular weight excluding hydrogens is 315 g/mol. The largest absolute Gasteiger partial charge is 0.461 e. The number of carbonyl (C=O) groups is 1. The van der Waals surface area contributed by atoms with Crippen LogP contribution in [0.25, 0.3) is 10.9 Å². The third kappa shape index (κ3) is 3.32. The number of rotatable bonds is 5. The molecule has 1 aromatic heterocycles. The normalized spacial score (nSPS) is 12.6. The molecule has 0 saturated heterocycles. The summed E-state index contributed by atoms with van der Waals surface area (Å²) in [5, 5.41) is 10.7. The zero-order valence-corrected chi connectivity index (χ0v) is 13.0. The number of H-pyrrole nitrogens is 1. The number of carbonyl (C=O) groups excluding carboxylic acids is 1. The Morgan fingerprint density at radius 1 is 1.48 bits per heavy atom. The van der Waals surface area contributed by atoms with E-state index in [1.165, 1.54) is 0 Å². The van der Waals surface area contributed by atoms with E-state index in [4.69, 9.17) is 38.8 Å².